The molecule has 214 valence electrons. The number of benzene rings is 2. The molecule has 0 atom stereocenters. The van der Waals surface area contributed by atoms with Crippen molar-refractivity contribution in [3.63, 3.8) is 0 Å². The van der Waals surface area contributed by atoms with Gasteiger partial charge >= 0.3 is 37.9 Å². The zero-order valence-corrected chi connectivity index (χ0v) is 30.1. The molecule has 0 unspecified atom stereocenters. The van der Waals surface area contributed by atoms with Gasteiger partial charge in [0, 0.05) is 9.52 Å². The van der Waals surface area contributed by atoms with Gasteiger partial charge in [0.05, 0.1) is 0 Å². The zero-order valence-electron chi connectivity index (χ0n) is 25.2. The molecule has 0 aliphatic heterocycles. The second kappa shape index (κ2) is 18.8. The molecule has 4 heteroatoms. The number of hydrogen-bond acceptors (Lipinski definition) is 0. The number of hydrogen-bond donors (Lipinski definition) is 0. The molecule has 2 aliphatic carbocycles. The van der Waals surface area contributed by atoms with E-state index >= 15 is 0 Å². The first-order chi connectivity index (χ1) is 19.5. The van der Waals surface area contributed by atoms with Crippen molar-refractivity contribution in [2.45, 2.75) is 104 Å². The van der Waals surface area contributed by atoms with Crippen LogP contribution in [0.2, 0.25) is 13.1 Å². The Kier molecular flexibility index (Phi) is 15.9. The number of aryl methyl sites for hydroxylation is 2. The molecule has 0 spiro atoms. The van der Waals surface area contributed by atoms with Crippen LogP contribution in [-0.2, 0) is 33.7 Å². The molecule has 0 bridgehead atoms. The molecule has 0 heterocycles. The van der Waals surface area contributed by atoms with E-state index in [9.17, 15) is 0 Å². The molecule has 2 fully saturated rings. The Hall–Kier alpha value is -0.660. The molecule has 4 aromatic carbocycles. The minimum atomic E-state index is -0.826. The molecule has 0 saturated heterocycles. The van der Waals surface area contributed by atoms with Crippen LogP contribution in [0, 0.1) is 25.7 Å². The van der Waals surface area contributed by atoms with Crippen LogP contribution in [0.15, 0.2) is 60.7 Å². The van der Waals surface area contributed by atoms with E-state index in [1.807, 2.05) is 0 Å². The third kappa shape index (κ3) is 10.9. The van der Waals surface area contributed by atoms with Gasteiger partial charge < -0.3 is 0 Å². The van der Waals surface area contributed by atoms with E-state index in [4.69, 9.17) is 17.0 Å². The van der Waals surface area contributed by atoms with Crippen LogP contribution >= 0.6 is 17.0 Å². The van der Waals surface area contributed by atoms with Gasteiger partial charge in [-0.15, -0.1) is 69.1 Å². The van der Waals surface area contributed by atoms with E-state index in [1.54, 1.807) is 11.1 Å². The first kappa shape index (κ1) is 33.8. The van der Waals surface area contributed by atoms with Crippen LogP contribution in [-0.4, -0.2) is 9.52 Å². The fourth-order valence-corrected chi connectivity index (χ4v) is 6.66. The van der Waals surface area contributed by atoms with E-state index in [0.717, 1.165) is 21.4 Å². The summed E-state index contributed by atoms with van der Waals surface area (Å²) < 4.78 is 0. The average Bonchev–Trinajstić information content (AvgIpc) is 3.53. The SMILES string of the molecule is C[Si]C.Cc1cc2c(CC3CCCCC3)cccc2[cH-]1.Cc1cc2c(CC3CCCCC3)cccc2[cH-]1.[Cl][Zr+2][Cl]. The summed E-state index contributed by atoms with van der Waals surface area (Å²) in [7, 11) is 11.0. The van der Waals surface area contributed by atoms with Crippen LogP contribution in [0.4, 0.5) is 0 Å². The summed E-state index contributed by atoms with van der Waals surface area (Å²) in [5.74, 6) is 1.87. The van der Waals surface area contributed by atoms with Gasteiger partial charge in [0.2, 0.25) is 0 Å². The van der Waals surface area contributed by atoms with E-state index in [0.29, 0.717) is 0 Å². The van der Waals surface area contributed by atoms with Crippen molar-refractivity contribution in [3.05, 3.63) is 82.9 Å². The Bertz CT molecular complexity index is 1150. The molecule has 4 aromatic rings. The van der Waals surface area contributed by atoms with E-state index < -0.39 is 20.8 Å². The van der Waals surface area contributed by atoms with Crippen molar-refractivity contribution >= 4 is 48.1 Å². The number of rotatable bonds is 4. The van der Waals surface area contributed by atoms with Crippen LogP contribution in [0.3, 0.4) is 0 Å². The van der Waals surface area contributed by atoms with Gasteiger partial charge in [-0.05, 0) is 24.7 Å². The molecule has 6 rings (SSSR count). The van der Waals surface area contributed by atoms with Gasteiger partial charge in [-0.1, -0.05) is 114 Å². The van der Waals surface area contributed by atoms with Crippen LogP contribution in [0.25, 0.3) is 21.5 Å². The van der Waals surface area contributed by atoms with Gasteiger partial charge in [-0.2, -0.15) is 12.1 Å². The van der Waals surface area contributed by atoms with Crippen molar-refractivity contribution in [1.29, 1.82) is 0 Å². The Labute approximate surface area is 265 Å². The molecule has 40 heavy (non-hydrogen) atoms. The fourth-order valence-electron chi connectivity index (χ4n) is 6.66. The number of halogens is 2. The molecular formula is C36H48Cl2SiZr. The van der Waals surface area contributed by atoms with E-state index in [2.05, 4.69) is 87.6 Å². The van der Waals surface area contributed by atoms with Crippen molar-refractivity contribution in [3.8, 4) is 0 Å². The summed E-state index contributed by atoms with van der Waals surface area (Å²) in [6.45, 7) is 8.70. The summed E-state index contributed by atoms with van der Waals surface area (Å²) in [5, 5.41) is 5.85. The summed E-state index contributed by atoms with van der Waals surface area (Å²) in [5.41, 5.74) is 5.94. The molecular weight excluding hydrogens is 623 g/mol. The summed E-state index contributed by atoms with van der Waals surface area (Å²) in [4.78, 5) is 0. The standard InChI is InChI=1S/2C17H21.C2H6Si.2ClH.Zr/c2*1-13-10-15-8-5-9-16(17(15)11-13)12-14-6-3-2-4-7-14;1-3-2;;;/h2*5,8-11,14H,2-4,6-7,12H2,1H3;1-2H3;2*1H;/q2*-1;;;;+4/p-2. The average molecular weight is 671 g/mol. The third-order valence-electron chi connectivity index (χ3n) is 8.44. The second-order valence-electron chi connectivity index (χ2n) is 11.9. The first-order valence-electron chi connectivity index (χ1n) is 15.3. The summed E-state index contributed by atoms with van der Waals surface area (Å²) >= 11 is -0.826. The van der Waals surface area contributed by atoms with Crippen molar-refractivity contribution < 1.29 is 20.8 Å². The van der Waals surface area contributed by atoms with Crippen molar-refractivity contribution in [2.24, 2.45) is 11.8 Å². The molecule has 0 N–H and O–H groups in total. The molecule has 2 radical (unpaired) electrons. The molecule has 2 aliphatic rings. The van der Waals surface area contributed by atoms with Crippen molar-refractivity contribution in [2.75, 3.05) is 0 Å². The maximum absolute atomic E-state index is 4.93. The molecule has 0 nitrogen and oxygen atoms in total. The Morgan fingerprint density at radius 1 is 0.675 bits per heavy atom. The quantitative estimate of drug-likeness (QED) is 0.150. The predicted molar refractivity (Wildman–Crippen MR) is 178 cm³/mol. The van der Waals surface area contributed by atoms with Gasteiger partial charge in [-0.25, -0.2) is 0 Å². The van der Waals surface area contributed by atoms with Crippen LogP contribution in [0.5, 0.6) is 0 Å². The van der Waals surface area contributed by atoms with Gasteiger partial charge in [0.1, 0.15) is 0 Å². The van der Waals surface area contributed by atoms with Gasteiger partial charge in [-0.3, -0.25) is 0 Å². The monoisotopic (exact) mass is 668 g/mol. The van der Waals surface area contributed by atoms with E-state index in [1.165, 1.54) is 110 Å². The predicted octanol–water partition coefficient (Wildman–Crippen LogP) is 12.1. The Morgan fingerprint density at radius 2 is 1.02 bits per heavy atom. The number of fused-ring (bicyclic) bond motifs is 2. The topological polar surface area (TPSA) is 0 Å². The normalized spacial score (nSPS) is 15.8. The minimum absolute atomic E-state index is 0.826. The van der Waals surface area contributed by atoms with E-state index in [-0.39, 0.29) is 0 Å². The summed E-state index contributed by atoms with van der Waals surface area (Å²) in [6, 6.07) is 22.9. The maximum atomic E-state index is 4.93. The van der Waals surface area contributed by atoms with Gasteiger partial charge in [0.25, 0.3) is 0 Å². The summed E-state index contributed by atoms with van der Waals surface area (Å²) in [6.07, 6.45) is 17.0. The fraction of sp³-hybridized carbons (Fsp3) is 0.500. The molecule has 2 saturated carbocycles. The van der Waals surface area contributed by atoms with Gasteiger partial charge in [0.15, 0.2) is 0 Å². The first-order valence-corrected chi connectivity index (χ1v) is 23.7. The zero-order chi connectivity index (χ0) is 28.7. The third-order valence-corrected chi connectivity index (χ3v) is 8.44. The van der Waals surface area contributed by atoms with Crippen molar-refractivity contribution in [1.82, 2.24) is 0 Å². The van der Waals surface area contributed by atoms with Crippen LogP contribution < -0.4 is 0 Å². The molecule has 0 aromatic heterocycles. The Morgan fingerprint density at radius 3 is 1.38 bits per heavy atom. The Balaban J connectivity index is 0.000000185. The molecule has 0 amide bonds. The van der Waals surface area contributed by atoms with Crippen LogP contribution in [0.1, 0.15) is 86.5 Å². The second-order valence-corrected chi connectivity index (χ2v) is 16.6.